The van der Waals surface area contributed by atoms with Gasteiger partial charge in [-0.1, -0.05) is 20.3 Å². The fourth-order valence-electron chi connectivity index (χ4n) is 4.96. The normalized spacial score (nSPS) is 37.4. The van der Waals surface area contributed by atoms with Crippen LogP contribution in [-0.4, -0.2) is 39.9 Å². The van der Waals surface area contributed by atoms with Gasteiger partial charge in [0.2, 0.25) is 0 Å². The van der Waals surface area contributed by atoms with E-state index in [0.29, 0.717) is 25.0 Å². The van der Waals surface area contributed by atoms with Crippen LogP contribution in [0, 0.1) is 17.2 Å². The third-order valence-electron chi connectivity index (χ3n) is 6.29. The Labute approximate surface area is 165 Å². The third-order valence-corrected chi connectivity index (χ3v) is 6.29. The Balaban J connectivity index is 0.000000220. The number of hydrogen-bond donors (Lipinski definition) is 2. The van der Waals surface area contributed by atoms with E-state index in [1.165, 1.54) is 12.8 Å². The highest BCUT2D eigenvalue weighted by molar-refractivity contribution is 5.04. The fourth-order valence-corrected chi connectivity index (χ4v) is 4.96. The van der Waals surface area contributed by atoms with Gasteiger partial charge in [0.1, 0.15) is 0 Å². The molecule has 5 heteroatoms. The quantitative estimate of drug-likeness (QED) is 0.690. The lowest BCUT2D eigenvalue weighted by Gasteiger charge is -2.43. The van der Waals surface area contributed by atoms with Crippen LogP contribution in [-0.2, 0) is 9.47 Å². The minimum atomic E-state index is -1.32. The molecule has 2 saturated heterocycles. The second-order valence-corrected chi connectivity index (χ2v) is 8.53. The standard InChI is InChI=1S/C14H21NO2.C6H12O2.C2H6/c1-10(9-15)7-11-4-5-13-14(17-11)6-2-3-12(8-14)16-13;7-6(8)4-2-1-3-5-6;1-2/h10-13H,2-8H2,1H3;7-8H,1-5H2;1-2H3. The summed E-state index contributed by atoms with van der Waals surface area (Å²) in [7, 11) is 0. The second kappa shape index (κ2) is 10.2. The van der Waals surface area contributed by atoms with Crippen molar-refractivity contribution in [1.29, 1.82) is 5.26 Å². The topological polar surface area (TPSA) is 82.7 Å². The summed E-state index contributed by atoms with van der Waals surface area (Å²) in [5, 5.41) is 26.8. The van der Waals surface area contributed by atoms with Crippen LogP contribution in [0.3, 0.4) is 0 Å². The first-order valence-electron chi connectivity index (χ1n) is 11.1. The molecule has 0 radical (unpaired) electrons. The van der Waals surface area contributed by atoms with E-state index >= 15 is 0 Å². The Morgan fingerprint density at radius 1 is 1.04 bits per heavy atom. The van der Waals surface area contributed by atoms with Crippen LogP contribution in [0.5, 0.6) is 0 Å². The van der Waals surface area contributed by atoms with Crippen molar-refractivity contribution < 1.29 is 19.7 Å². The van der Waals surface area contributed by atoms with Gasteiger partial charge in [-0.15, -0.1) is 0 Å². The zero-order valence-corrected chi connectivity index (χ0v) is 17.5. The molecule has 2 heterocycles. The highest BCUT2D eigenvalue weighted by atomic mass is 16.6. The first kappa shape index (κ1) is 22.6. The molecule has 0 aromatic rings. The van der Waals surface area contributed by atoms with Gasteiger partial charge in [0.15, 0.2) is 5.79 Å². The molecule has 156 valence electrons. The molecular weight excluding hydrogens is 342 g/mol. The molecule has 2 bridgehead atoms. The van der Waals surface area contributed by atoms with Crippen molar-refractivity contribution in [2.45, 2.75) is 128 Å². The third kappa shape index (κ3) is 6.15. The molecular formula is C22H39NO4. The molecule has 5 atom stereocenters. The van der Waals surface area contributed by atoms with E-state index in [1.807, 2.05) is 20.8 Å². The molecule has 0 aromatic carbocycles. The van der Waals surface area contributed by atoms with Crippen LogP contribution < -0.4 is 0 Å². The zero-order valence-electron chi connectivity index (χ0n) is 17.5. The lowest BCUT2D eigenvalue weighted by atomic mass is 9.78. The summed E-state index contributed by atoms with van der Waals surface area (Å²) in [6.07, 6.45) is 13.0. The molecule has 2 N–H and O–H groups in total. The average molecular weight is 382 g/mol. The number of hydrogen-bond acceptors (Lipinski definition) is 5. The van der Waals surface area contributed by atoms with E-state index in [-0.39, 0.29) is 17.6 Å². The summed E-state index contributed by atoms with van der Waals surface area (Å²) in [6, 6.07) is 2.31. The summed E-state index contributed by atoms with van der Waals surface area (Å²) < 4.78 is 12.4. The summed E-state index contributed by atoms with van der Waals surface area (Å²) in [5.41, 5.74) is 0.0149. The number of fused-ring (bicyclic) bond motifs is 1. The second-order valence-electron chi connectivity index (χ2n) is 8.53. The maximum atomic E-state index is 8.93. The highest BCUT2D eigenvalue weighted by Gasteiger charge is 2.54. The monoisotopic (exact) mass is 381 g/mol. The highest BCUT2D eigenvalue weighted by Crippen LogP contribution is 2.49. The van der Waals surface area contributed by atoms with Gasteiger partial charge in [0.05, 0.1) is 30.0 Å². The summed E-state index contributed by atoms with van der Waals surface area (Å²) in [6.45, 7) is 5.99. The Hall–Kier alpha value is -0.670. The number of nitriles is 1. The molecule has 4 aliphatic rings. The van der Waals surface area contributed by atoms with Gasteiger partial charge in [-0.2, -0.15) is 5.26 Å². The number of nitrogens with zero attached hydrogens (tertiary/aromatic N) is 1. The SMILES string of the molecule is CC.CC(C#N)CC1CCC2OC3CCCC2(C3)O1.OC1(O)CCCCC1. The number of aliphatic hydroxyl groups is 2. The smallest absolute Gasteiger partial charge is 0.162 e. The van der Waals surface area contributed by atoms with Crippen LogP contribution in [0.15, 0.2) is 0 Å². The van der Waals surface area contributed by atoms with Crippen molar-refractivity contribution in [3.05, 3.63) is 0 Å². The summed E-state index contributed by atoms with van der Waals surface area (Å²) >= 11 is 0. The molecule has 4 fully saturated rings. The van der Waals surface area contributed by atoms with Crippen molar-refractivity contribution in [3.63, 3.8) is 0 Å². The molecule has 4 rings (SSSR count). The van der Waals surface area contributed by atoms with Crippen LogP contribution in [0.2, 0.25) is 0 Å². The van der Waals surface area contributed by atoms with Crippen molar-refractivity contribution in [2.24, 2.45) is 5.92 Å². The first-order valence-corrected chi connectivity index (χ1v) is 11.1. The Kier molecular flexibility index (Phi) is 8.55. The molecule has 2 aliphatic carbocycles. The van der Waals surface area contributed by atoms with Gasteiger partial charge in [-0.25, -0.2) is 0 Å². The predicted molar refractivity (Wildman–Crippen MR) is 105 cm³/mol. The van der Waals surface area contributed by atoms with Gasteiger partial charge >= 0.3 is 0 Å². The van der Waals surface area contributed by atoms with Gasteiger partial charge in [-0.05, 0) is 58.3 Å². The molecule has 0 aromatic heterocycles. The van der Waals surface area contributed by atoms with Crippen LogP contribution in [0.1, 0.15) is 97.8 Å². The summed E-state index contributed by atoms with van der Waals surface area (Å²) in [5.74, 6) is -1.22. The van der Waals surface area contributed by atoms with E-state index in [0.717, 1.165) is 51.4 Å². The number of ether oxygens (including phenoxy) is 2. The van der Waals surface area contributed by atoms with Crippen molar-refractivity contribution in [2.75, 3.05) is 0 Å². The van der Waals surface area contributed by atoms with Crippen molar-refractivity contribution in [3.8, 4) is 6.07 Å². The van der Waals surface area contributed by atoms with E-state index < -0.39 is 5.79 Å². The maximum absolute atomic E-state index is 8.93. The lowest BCUT2D eigenvalue weighted by molar-refractivity contribution is -0.180. The van der Waals surface area contributed by atoms with Gasteiger partial charge < -0.3 is 19.7 Å². The fraction of sp³-hybridized carbons (Fsp3) is 0.955. The number of rotatable bonds is 2. The Morgan fingerprint density at radius 2 is 1.74 bits per heavy atom. The van der Waals surface area contributed by atoms with Crippen LogP contribution in [0.25, 0.3) is 0 Å². The van der Waals surface area contributed by atoms with Gasteiger partial charge in [0, 0.05) is 25.2 Å². The minimum absolute atomic E-state index is 0.0149. The van der Waals surface area contributed by atoms with Crippen LogP contribution in [0.4, 0.5) is 0 Å². The molecule has 1 spiro atoms. The predicted octanol–water partition coefficient (Wildman–Crippen LogP) is 4.45. The molecule has 2 saturated carbocycles. The largest absolute Gasteiger partial charge is 0.372 e. The van der Waals surface area contributed by atoms with E-state index in [2.05, 4.69) is 6.07 Å². The molecule has 5 nitrogen and oxygen atoms in total. The molecule has 0 amide bonds. The van der Waals surface area contributed by atoms with E-state index in [4.69, 9.17) is 24.9 Å². The average Bonchev–Trinajstić information content (AvgIpc) is 2.92. The Morgan fingerprint density at radius 3 is 2.33 bits per heavy atom. The van der Waals surface area contributed by atoms with Crippen molar-refractivity contribution in [1.82, 2.24) is 0 Å². The molecule has 27 heavy (non-hydrogen) atoms. The van der Waals surface area contributed by atoms with Gasteiger partial charge in [-0.3, -0.25) is 0 Å². The van der Waals surface area contributed by atoms with Crippen molar-refractivity contribution >= 4 is 0 Å². The molecule has 5 unspecified atom stereocenters. The first-order chi connectivity index (χ1) is 12.9. The van der Waals surface area contributed by atoms with E-state index in [1.54, 1.807) is 0 Å². The van der Waals surface area contributed by atoms with E-state index in [9.17, 15) is 0 Å². The lowest BCUT2D eigenvalue weighted by Crippen LogP contribution is -2.49. The van der Waals surface area contributed by atoms with Gasteiger partial charge in [0.25, 0.3) is 0 Å². The zero-order chi connectivity index (χ0) is 19.9. The Bertz CT molecular complexity index is 481. The minimum Gasteiger partial charge on any atom is -0.372 e. The maximum Gasteiger partial charge on any atom is 0.162 e. The van der Waals surface area contributed by atoms with Crippen LogP contribution >= 0.6 is 0 Å². The summed E-state index contributed by atoms with van der Waals surface area (Å²) in [4.78, 5) is 0. The molecule has 2 aliphatic heterocycles.